The fourth-order valence-corrected chi connectivity index (χ4v) is 3.57. The Labute approximate surface area is 120 Å². The SMILES string of the molecule is CC(C[Se]c1ccccc1)/[N+]([O-])=C/c1ccccc1. The Morgan fingerprint density at radius 1 is 1.05 bits per heavy atom. The van der Waals surface area contributed by atoms with E-state index in [2.05, 4.69) is 12.1 Å². The minimum atomic E-state index is 0.0143. The van der Waals surface area contributed by atoms with Gasteiger partial charge in [-0.15, -0.1) is 0 Å². The number of nitrogens with zero attached hydrogens (tertiary/aromatic N) is 1. The van der Waals surface area contributed by atoms with Crippen LogP contribution in [-0.2, 0) is 0 Å². The molecule has 0 aliphatic heterocycles. The molecular weight excluding hydrogens is 301 g/mol. The summed E-state index contributed by atoms with van der Waals surface area (Å²) in [5.41, 5.74) is 0.955. The van der Waals surface area contributed by atoms with Gasteiger partial charge in [-0.1, -0.05) is 0 Å². The predicted octanol–water partition coefficient (Wildman–Crippen LogP) is 2.45. The molecule has 1 atom stereocenters. The molecule has 0 fully saturated rings. The summed E-state index contributed by atoms with van der Waals surface area (Å²) in [6.45, 7) is 1.98. The van der Waals surface area contributed by atoms with Gasteiger partial charge in [-0.2, -0.15) is 0 Å². The van der Waals surface area contributed by atoms with Crippen molar-refractivity contribution < 1.29 is 4.74 Å². The van der Waals surface area contributed by atoms with E-state index in [1.54, 1.807) is 6.21 Å². The summed E-state index contributed by atoms with van der Waals surface area (Å²) < 4.78 is 2.41. The molecule has 0 saturated heterocycles. The second kappa shape index (κ2) is 7.13. The summed E-state index contributed by atoms with van der Waals surface area (Å²) in [6.07, 6.45) is 1.67. The van der Waals surface area contributed by atoms with Crippen molar-refractivity contribution in [2.24, 2.45) is 0 Å². The zero-order valence-electron chi connectivity index (χ0n) is 10.9. The Kier molecular flexibility index (Phi) is 5.19. The molecule has 0 bridgehead atoms. The standard InChI is InChI=1S/C16H17NOSe/c1-14(13-19-16-10-6-3-7-11-16)17(18)12-15-8-4-2-5-9-15/h2-12,14H,13H2,1H3/b17-12-. The van der Waals surface area contributed by atoms with Gasteiger partial charge in [-0.3, -0.25) is 0 Å². The van der Waals surface area contributed by atoms with Crippen molar-refractivity contribution in [3.05, 3.63) is 71.4 Å². The number of hydroxylamine groups is 1. The Morgan fingerprint density at radius 3 is 2.26 bits per heavy atom. The molecule has 98 valence electrons. The first-order valence-corrected chi connectivity index (χ1v) is 8.36. The Balaban J connectivity index is 1.93. The molecule has 2 rings (SSSR count). The van der Waals surface area contributed by atoms with Crippen molar-refractivity contribution in [2.45, 2.75) is 18.3 Å². The molecule has 1 unspecified atom stereocenters. The molecule has 0 saturated carbocycles. The molecule has 0 aromatic heterocycles. The molecule has 19 heavy (non-hydrogen) atoms. The Morgan fingerprint density at radius 2 is 1.63 bits per heavy atom. The molecule has 0 heterocycles. The summed E-state index contributed by atoms with van der Waals surface area (Å²) >= 11 is 0.355. The molecule has 2 aromatic rings. The summed E-state index contributed by atoms with van der Waals surface area (Å²) in [7, 11) is 0. The maximum atomic E-state index is 12.0. The van der Waals surface area contributed by atoms with Crippen molar-refractivity contribution in [1.82, 2.24) is 0 Å². The zero-order valence-corrected chi connectivity index (χ0v) is 12.6. The predicted molar refractivity (Wildman–Crippen MR) is 81.3 cm³/mol. The van der Waals surface area contributed by atoms with Crippen LogP contribution in [0.5, 0.6) is 0 Å². The molecule has 0 aliphatic carbocycles. The number of hydrogen-bond donors (Lipinski definition) is 0. The van der Waals surface area contributed by atoms with Crippen LogP contribution in [0.2, 0.25) is 5.32 Å². The van der Waals surface area contributed by atoms with Gasteiger partial charge in [0.15, 0.2) is 0 Å². The van der Waals surface area contributed by atoms with Crippen molar-refractivity contribution in [1.29, 1.82) is 0 Å². The second-order valence-electron chi connectivity index (χ2n) is 4.37. The zero-order chi connectivity index (χ0) is 13.5. The van der Waals surface area contributed by atoms with Gasteiger partial charge in [0.05, 0.1) is 0 Å². The summed E-state index contributed by atoms with van der Waals surface area (Å²) in [6, 6.07) is 20.1. The van der Waals surface area contributed by atoms with E-state index in [4.69, 9.17) is 0 Å². The quantitative estimate of drug-likeness (QED) is 0.273. The topological polar surface area (TPSA) is 26.1 Å². The maximum absolute atomic E-state index is 12.0. The van der Waals surface area contributed by atoms with Crippen LogP contribution in [0.15, 0.2) is 60.7 Å². The van der Waals surface area contributed by atoms with E-state index in [0.717, 1.165) is 15.6 Å². The van der Waals surface area contributed by atoms with E-state index in [-0.39, 0.29) is 6.04 Å². The number of rotatable bonds is 5. The van der Waals surface area contributed by atoms with E-state index in [0.29, 0.717) is 15.0 Å². The Hall–Kier alpha value is -1.57. The van der Waals surface area contributed by atoms with Crippen molar-refractivity contribution in [2.75, 3.05) is 0 Å². The first-order chi connectivity index (χ1) is 9.25. The van der Waals surface area contributed by atoms with Crippen molar-refractivity contribution in [3.63, 3.8) is 0 Å². The number of benzene rings is 2. The van der Waals surface area contributed by atoms with E-state index < -0.39 is 0 Å². The number of hydrogen-bond acceptors (Lipinski definition) is 1. The third-order valence-electron chi connectivity index (χ3n) is 2.74. The molecule has 2 nitrogen and oxygen atoms in total. The monoisotopic (exact) mass is 319 g/mol. The normalized spacial score (nSPS) is 13.2. The minimum absolute atomic E-state index is 0.0143. The first-order valence-electron chi connectivity index (χ1n) is 6.29. The average Bonchev–Trinajstić information content (AvgIpc) is 2.47. The van der Waals surface area contributed by atoms with E-state index in [1.807, 2.05) is 55.5 Å². The van der Waals surface area contributed by atoms with Crippen LogP contribution < -0.4 is 4.46 Å². The first kappa shape index (κ1) is 13.9. The molecule has 0 N–H and O–H groups in total. The van der Waals surface area contributed by atoms with Gasteiger partial charge < -0.3 is 0 Å². The van der Waals surface area contributed by atoms with Crippen LogP contribution in [0.25, 0.3) is 0 Å². The van der Waals surface area contributed by atoms with Gasteiger partial charge in [-0.25, -0.2) is 0 Å². The van der Waals surface area contributed by atoms with Gasteiger partial charge in [0.25, 0.3) is 0 Å². The van der Waals surface area contributed by atoms with Crippen molar-refractivity contribution >= 4 is 25.6 Å². The van der Waals surface area contributed by atoms with Crippen LogP contribution >= 0.6 is 0 Å². The van der Waals surface area contributed by atoms with Crippen LogP contribution in [0.3, 0.4) is 0 Å². The van der Waals surface area contributed by atoms with E-state index in [1.165, 1.54) is 4.46 Å². The van der Waals surface area contributed by atoms with E-state index in [9.17, 15) is 5.21 Å². The second-order valence-corrected chi connectivity index (χ2v) is 6.67. The third kappa shape index (κ3) is 4.55. The molecule has 0 spiro atoms. The van der Waals surface area contributed by atoms with Gasteiger partial charge >= 0.3 is 120 Å². The van der Waals surface area contributed by atoms with Crippen LogP contribution in [0, 0.1) is 5.21 Å². The van der Waals surface area contributed by atoms with Gasteiger partial charge in [0.2, 0.25) is 0 Å². The molecule has 3 heteroatoms. The summed E-state index contributed by atoms with van der Waals surface area (Å²) in [4.78, 5) is 0. The fourth-order valence-electron chi connectivity index (χ4n) is 1.62. The van der Waals surface area contributed by atoms with Gasteiger partial charge in [-0.05, 0) is 0 Å². The molecule has 0 amide bonds. The third-order valence-corrected chi connectivity index (χ3v) is 5.38. The molecule has 0 radical (unpaired) electrons. The van der Waals surface area contributed by atoms with Gasteiger partial charge in [0.1, 0.15) is 0 Å². The molecule has 0 aliphatic rings. The molecule has 2 aromatic carbocycles. The fraction of sp³-hybridized carbons (Fsp3) is 0.188. The Bertz CT molecular complexity index is 525. The van der Waals surface area contributed by atoms with Gasteiger partial charge in [0, 0.05) is 0 Å². The van der Waals surface area contributed by atoms with Crippen LogP contribution in [-0.4, -0.2) is 32.0 Å². The van der Waals surface area contributed by atoms with E-state index >= 15 is 0 Å². The average molecular weight is 318 g/mol. The van der Waals surface area contributed by atoms with Crippen LogP contribution in [0.1, 0.15) is 12.5 Å². The van der Waals surface area contributed by atoms with Crippen LogP contribution in [0.4, 0.5) is 0 Å². The van der Waals surface area contributed by atoms with Crippen molar-refractivity contribution in [3.8, 4) is 0 Å². The molecular formula is C16H17NOSe. The summed E-state index contributed by atoms with van der Waals surface area (Å²) in [5, 5.41) is 12.9. The summed E-state index contributed by atoms with van der Waals surface area (Å²) in [5.74, 6) is 0.